The number of aryl methyl sites for hydroxylation is 2. The van der Waals surface area contributed by atoms with Crippen LogP contribution in [0.3, 0.4) is 0 Å². The quantitative estimate of drug-likeness (QED) is 0.0605. The van der Waals surface area contributed by atoms with Crippen LogP contribution in [0.15, 0.2) is 35.7 Å². The molecule has 2 unspecified atom stereocenters. The first-order chi connectivity index (χ1) is 28.8. The fourth-order valence-corrected chi connectivity index (χ4v) is 11.8. The molecule has 3 aromatic heterocycles. The Morgan fingerprint density at radius 1 is 0.475 bits per heavy atom. The predicted octanol–water partition coefficient (Wildman–Crippen LogP) is 15.4. The summed E-state index contributed by atoms with van der Waals surface area (Å²) in [7, 11) is 0. The molecule has 9 heteroatoms. The molecule has 0 radical (unpaired) electrons. The normalized spacial score (nSPS) is 15.4. The number of aromatic nitrogens is 2. The van der Waals surface area contributed by atoms with Gasteiger partial charge in [0, 0.05) is 40.1 Å². The van der Waals surface area contributed by atoms with E-state index in [4.69, 9.17) is 9.97 Å². The molecule has 2 aliphatic heterocycles. The zero-order chi connectivity index (χ0) is 42.0. The number of amides is 2. The van der Waals surface area contributed by atoms with Crippen LogP contribution in [0.4, 0.5) is 0 Å². The maximum Gasteiger partial charge on any atom is 0.261 e. The summed E-state index contributed by atoms with van der Waals surface area (Å²) in [5.41, 5.74) is 2.62. The predicted molar refractivity (Wildman–Crippen MR) is 255 cm³/mol. The maximum absolute atomic E-state index is 15.3. The van der Waals surface area contributed by atoms with Gasteiger partial charge in [-0.2, -0.15) is 0 Å². The Bertz CT molecular complexity index is 1800. The fourth-order valence-electron chi connectivity index (χ4n) is 9.03. The molecule has 0 N–H and O–H groups in total. The Labute approximate surface area is 370 Å². The molecule has 5 rings (SSSR count). The lowest BCUT2D eigenvalue weighted by Gasteiger charge is -2.29. The lowest BCUT2D eigenvalue weighted by molar-refractivity contribution is -0.124. The third-order valence-electron chi connectivity index (χ3n) is 12.4. The summed E-state index contributed by atoms with van der Waals surface area (Å²) in [5.74, 6) is 0.688. The molecule has 6 nitrogen and oxygen atoms in total. The Kier molecular flexibility index (Phi) is 20.4. The third-order valence-corrected chi connectivity index (χ3v) is 15.6. The average Bonchev–Trinajstić information content (AvgIpc) is 4.07. The van der Waals surface area contributed by atoms with Gasteiger partial charge < -0.3 is 9.80 Å². The van der Waals surface area contributed by atoms with E-state index >= 15 is 9.59 Å². The number of nitrogens with zero attached hydrogens (tertiary/aromatic N) is 4. The van der Waals surface area contributed by atoms with E-state index < -0.39 is 0 Å². The minimum absolute atomic E-state index is 0.0330. The molecule has 0 spiro atoms. The standard InChI is InChI=1S/C50H76N4O2S3/c1-7-11-15-19-21-25-29-39(27-23-17-13-9-3)35-53-45(47-51-33-38(6)58-47)43-44(50(53)56)46(48-52-34-42(59-48)41-32-31-37(5)57-41)54(49(43)55)36-40(28-24-18-14-10-4)30-26-22-20-16-12-8-2/h31-34,39-40H,7-30,35-36H2,1-6H3. The number of hydrogen-bond acceptors (Lipinski definition) is 7. The monoisotopic (exact) mass is 861 g/mol. The summed E-state index contributed by atoms with van der Waals surface area (Å²) in [5, 5.41) is 1.57. The zero-order valence-corrected chi connectivity index (χ0v) is 40.1. The second-order valence-electron chi connectivity index (χ2n) is 17.5. The van der Waals surface area contributed by atoms with E-state index in [9.17, 15) is 0 Å². The SMILES string of the molecule is CCCCCCCCC(CCCCCC)CN1C(=O)C2=C(c3ncc(-c4ccc(C)s4)s3)N(CC(CCCCCC)CCCCCCCC)C(=O)C2=C1c1ncc(C)s1. The Morgan fingerprint density at radius 3 is 1.29 bits per heavy atom. The van der Waals surface area contributed by atoms with Crippen molar-refractivity contribution in [3.05, 3.63) is 55.4 Å². The van der Waals surface area contributed by atoms with Gasteiger partial charge in [0.25, 0.3) is 11.8 Å². The van der Waals surface area contributed by atoms with E-state index in [2.05, 4.69) is 53.7 Å². The van der Waals surface area contributed by atoms with Gasteiger partial charge in [0.2, 0.25) is 0 Å². The number of hydrogen-bond donors (Lipinski definition) is 0. The first-order valence-corrected chi connectivity index (χ1v) is 26.3. The van der Waals surface area contributed by atoms with Crippen molar-refractivity contribution in [1.82, 2.24) is 19.8 Å². The van der Waals surface area contributed by atoms with Crippen LogP contribution < -0.4 is 0 Å². The molecule has 5 heterocycles. The summed E-state index contributed by atoms with van der Waals surface area (Å²) in [6.45, 7) is 14.6. The number of unbranched alkanes of at least 4 members (excludes halogenated alkanes) is 16. The minimum atomic E-state index is -0.0330. The van der Waals surface area contributed by atoms with Gasteiger partial charge in [-0.1, -0.05) is 156 Å². The molecular weight excluding hydrogens is 785 g/mol. The van der Waals surface area contributed by atoms with E-state index in [0.29, 0.717) is 36.1 Å². The topological polar surface area (TPSA) is 66.4 Å². The van der Waals surface area contributed by atoms with Crippen molar-refractivity contribution in [3.8, 4) is 9.75 Å². The first-order valence-electron chi connectivity index (χ1n) is 23.9. The van der Waals surface area contributed by atoms with Gasteiger partial charge in [-0.3, -0.25) is 9.59 Å². The maximum atomic E-state index is 15.3. The molecule has 2 atom stereocenters. The van der Waals surface area contributed by atoms with E-state index in [1.165, 1.54) is 138 Å². The highest BCUT2D eigenvalue weighted by atomic mass is 32.1. The number of carbonyl (C=O) groups is 2. The average molecular weight is 861 g/mol. The number of thiazole rings is 2. The van der Waals surface area contributed by atoms with Crippen molar-refractivity contribution in [2.75, 3.05) is 13.1 Å². The summed E-state index contributed by atoms with van der Waals surface area (Å²) in [6.07, 6.45) is 33.2. The van der Waals surface area contributed by atoms with E-state index in [0.717, 1.165) is 56.8 Å². The highest BCUT2D eigenvalue weighted by Gasteiger charge is 2.51. The van der Waals surface area contributed by atoms with Gasteiger partial charge in [-0.25, -0.2) is 9.97 Å². The van der Waals surface area contributed by atoms with E-state index in [1.807, 2.05) is 22.2 Å². The summed E-state index contributed by atoms with van der Waals surface area (Å²) in [4.78, 5) is 49.2. The molecule has 2 aliphatic rings. The third kappa shape index (κ3) is 13.4. The Balaban J connectivity index is 1.53. The smallest absolute Gasteiger partial charge is 0.261 e. The first kappa shape index (κ1) is 47.4. The molecule has 0 aromatic carbocycles. The number of thiophene rings is 1. The van der Waals surface area contributed by atoms with Crippen molar-refractivity contribution < 1.29 is 9.59 Å². The summed E-state index contributed by atoms with van der Waals surface area (Å²) >= 11 is 5.00. The molecule has 59 heavy (non-hydrogen) atoms. The molecule has 3 aromatic rings. The highest BCUT2D eigenvalue weighted by Crippen LogP contribution is 2.49. The van der Waals surface area contributed by atoms with Crippen LogP contribution in [0.2, 0.25) is 0 Å². The minimum Gasteiger partial charge on any atom is -0.304 e. The van der Waals surface area contributed by atoms with Gasteiger partial charge in [-0.05, 0) is 63.5 Å². The zero-order valence-electron chi connectivity index (χ0n) is 37.7. The van der Waals surface area contributed by atoms with E-state index in [1.54, 1.807) is 34.0 Å². The van der Waals surface area contributed by atoms with Crippen LogP contribution in [0.5, 0.6) is 0 Å². The van der Waals surface area contributed by atoms with Crippen LogP contribution in [0.1, 0.15) is 202 Å². The lowest BCUT2D eigenvalue weighted by Crippen LogP contribution is -2.35. The molecule has 0 aliphatic carbocycles. The molecule has 0 saturated carbocycles. The molecule has 326 valence electrons. The van der Waals surface area contributed by atoms with Gasteiger partial charge in [0.15, 0.2) is 0 Å². The Morgan fingerprint density at radius 2 is 0.881 bits per heavy atom. The summed E-state index contributed by atoms with van der Waals surface area (Å²) in [6, 6.07) is 4.32. The van der Waals surface area contributed by atoms with Gasteiger partial charge in [-0.15, -0.1) is 34.0 Å². The van der Waals surface area contributed by atoms with Gasteiger partial charge in [0.1, 0.15) is 10.0 Å². The molecular formula is C50H76N4O2S3. The van der Waals surface area contributed by atoms with Crippen molar-refractivity contribution in [2.24, 2.45) is 11.8 Å². The number of rotatable bonds is 31. The van der Waals surface area contributed by atoms with Crippen LogP contribution in [0, 0.1) is 25.7 Å². The van der Waals surface area contributed by atoms with Gasteiger partial charge in [0.05, 0.1) is 27.4 Å². The van der Waals surface area contributed by atoms with Crippen LogP contribution in [-0.4, -0.2) is 44.7 Å². The van der Waals surface area contributed by atoms with Gasteiger partial charge >= 0.3 is 0 Å². The van der Waals surface area contributed by atoms with Crippen LogP contribution in [0.25, 0.3) is 21.1 Å². The second-order valence-corrected chi connectivity index (χ2v) is 21.1. The number of carbonyl (C=O) groups excluding carboxylic acids is 2. The highest BCUT2D eigenvalue weighted by molar-refractivity contribution is 7.22. The number of fused-ring (bicyclic) bond motifs is 1. The second kappa shape index (κ2) is 25.3. The molecule has 0 bridgehead atoms. The lowest BCUT2D eigenvalue weighted by atomic mass is 9.93. The van der Waals surface area contributed by atoms with Crippen LogP contribution in [-0.2, 0) is 9.59 Å². The van der Waals surface area contributed by atoms with E-state index in [-0.39, 0.29) is 11.8 Å². The molecule has 2 amide bonds. The summed E-state index contributed by atoms with van der Waals surface area (Å²) < 4.78 is 0. The van der Waals surface area contributed by atoms with Crippen molar-refractivity contribution in [2.45, 2.75) is 196 Å². The van der Waals surface area contributed by atoms with Crippen molar-refractivity contribution in [3.63, 3.8) is 0 Å². The van der Waals surface area contributed by atoms with Crippen molar-refractivity contribution >= 4 is 57.2 Å². The molecule has 0 saturated heterocycles. The fraction of sp³-hybridized carbons (Fsp3) is 0.680. The Hall–Kier alpha value is -2.62. The largest absolute Gasteiger partial charge is 0.304 e. The molecule has 0 fully saturated rings. The van der Waals surface area contributed by atoms with Crippen LogP contribution >= 0.6 is 34.0 Å². The van der Waals surface area contributed by atoms with Crippen molar-refractivity contribution in [1.29, 1.82) is 0 Å².